The van der Waals surface area contributed by atoms with E-state index in [1.165, 1.54) is 18.2 Å². The molecule has 0 spiro atoms. The Bertz CT molecular complexity index is 2110. The summed E-state index contributed by atoms with van der Waals surface area (Å²) < 4.78 is 83.4. The molecule has 0 aliphatic carbocycles. The maximum Gasteiger partial charge on any atom is 0.303 e. The van der Waals surface area contributed by atoms with E-state index in [4.69, 9.17) is 15.4 Å². The van der Waals surface area contributed by atoms with Crippen molar-refractivity contribution in [1.82, 2.24) is 0 Å². The van der Waals surface area contributed by atoms with E-state index in [9.17, 15) is 34.6 Å². The first-order valence-electron chi connectivity index (χ1n) is 15.5. The average Bonchev–Trinajstić information content (AvgIpc) is 3.32. The van der Waals surface area contributed by atoms with Crippen LogP contribution in [0.1, 0.15) is 64.5 Å². The zero-order valence-electron chi connectivity index (χ0n) is 27.8. The Morgan fingerprint density at radius 3 is 2.04 bits per heavy atom. The Labute approximate surface area is 288 Å². The Hall–Kier alpha value is -3.67. The van der Waals surface area contributed by atoms with Crippen molar-refractivity contribution in [1.29, 1.82) is 0 Å². The first kappa shape index (κ1) is 38.1. The molecule has 4 rings (SSSR count). The van der Waals surface area contributed by atoms with Crippen LogP contribution in [0.15, 0.2) is 82.3 Å². The van der Waals surface area contributed by atoms with Gasteiger partial charge in [-0.15, -0.1) is 0 Å². The van der Waals surface area contributed by atoms with E-state index in [0.717, 1.165) is 17.0 Å². The van der Waals surface area contributed by atoms with E-state index < -0.39 is 52.7 Å². The summed E-state index contributed by atoms with van der Waals surface area (Å²) >= 11 is 0. The summed E-state index contributed by atoms with van der Waals surface area (Å²) in [6.45, 7) is 8.21. The third-order valence-corrected chi connectivity index (χ3v) is 11.5. The number of anilines is 1. The molecule has 6 N–H and O–H groups in total. The summed E-state index contributed by atoms with van der Waals surface area (Å²) in [5, 5.41) is 19.8. The zero-order chi connectivity index (χ0) is 36.6. The second kappa shape index (κ2) is 13.9. The molecule has 2 aromatic carbocycles. The fraction of sp³-hybridized carbons (Fsp3) is 0.394. The van der Waals surface area contributed by atoms with Crippen LogP contribution in [0.5, 0.6) is 0 Å². The quantitative estimate of drug-likeness (QED) is 0.0955. The molecule has 0 saturated heterocycles. The fourth-order valence-corrected chi connectivity index (χ4v) is 7.92. The molecule has 266 valence electrons. The maximum atomic E-state index is 12.2. The van der Waals surface area contributed by atoms with Crippen LogP contribution in [0.3, 0.4) is 0 Å². The van der Waals surface area contributed by atoms with Crippen molar-refractivity contribution in [3.05, 3.63) is 83.6 Å². The van der Waals surface area contributed by atoms with Gasteiger partial charge in [-0.1, -0.05) is 32.1 Å². The normalized spacial score (nSPS) is 18.2. The molecule has 2 aromatic rings. The number of primary sulfonamides is 2. The number of aliphatic carboxylic acids is 1. The van der Waals surface area contributed by atoms with Crippen LogP contribution in [0.25, 0.3) is 0 Å². The molecule has 0 atom stereocenters. The molecule has 0 fully saturated rings. The van der Waals surface area contributed by atoms with Gasteiger partial charge in [-0.25, -0.2) is 27.1 Å². The molecule has 0 amide bonds. The van der Waals surface area contributed by atoms with Gasteiger partial charge in [0.1, 0.15) is 6.54 Å². The van der Waals surface area contributed by atoms with Crippen molar-refractivity contribution in [2.45, 2.75) is 74.0 Å². The second-order valence-electron chi connectivity index (χ2n) is 13.2. The van der Waals surface area contributed by atoms with Crippen LogP contribution < -0.4 is 15.2 Å². The highest BCUT2D eigenvalue weighted by atomic mass is 32.2. The summed E-state index contributed by atoms with van der Waals surface area (Å²) in [4.78, 5) is 12.6. The van der Waals surface area contributed by atoms with Gasteiger partial charge in [0.2, 0.25) is 25.7 Å². The maximum absolute atomic E-state index is 12.2. The van der Waals surface area contributed by atoms with Crippen molar-refractivity contribution in [3.63, 3.8) is 0 Å². The topological polar surface area (TPSA) is 218 Å². The Balaban J connectivity index is 1.69. The summed E-state index contributed by atoms with van der Waals surface area (Å²) in [7, 11) is -12.2. The van der Waals surface area contributed by atoms with E-state index >= 15 is 0 Å². The molecular weight excluding hydrogens is 693 g/mol. The standard InChI is InChI=1S/C33H42N4O9S3/c1-32(2)25-21-23(48(34,43)44)14-16-27(25)36(18-10-6-9-13-31(38)39)29(32)11-7-5-8-12-30-33(3,4)26-22-24(49(35,45)46)15-17-28(26)37(30)19-20-47(40,41)42/h5,7-8,11-12,14-17,21-22H,6,9-10,13,18-20H2,1-4H3,(H5-,34,35,38,39,40,41,42,43,44,45,46)/p+1. The smallest absolute Gasteiger partial charge is 0.303 e. The van der Waals surface area contributed by atoms with Crippen LogP contribution in [0, 0.1) is 0 Å². The number of unbranched alkanes of at least 4 members (excludes halogenated alkanes) is 2. The predicted octanol–water partition coefficient (Wildman–Crippen LogP) is 3.68. The van der Waals surface area contributed by atoms with Gasteiger partial charge in [0, 0.05) is 53.9 Å². The van der Waals surface area contributed by atoms with Gasteiger partial charge in [-0.3, -0.25) is 9.35 Å². The number of nitrogens with zero attached hydrogens (tertiary/aromatic N) is 2. The molecule has 0 unspecified atom stereocenters. The second-order valence-corrected chi connectivity index (χ2v) is 17.9. The van der Waals surface area contributed by atoms with Gasteiger partial charge in [0.25, 0.3) is 10.1 Å². The van der Waals surface area contributed by atoms with E-state index in [1.807, 2.05) is 39.8 Å². The zero-order valence-corrected chi connectivity index (χ0v) is 30.3. The Kier molecular flexibility index (Phi) is 10.8. The molecule has 13 nitrogen and oxygen atoms in total. The van der Waals surface area contributed by atoms with Crippen LogP contribution >= 0.6 is 0 Å². The molecule has 2 heterocycles. The van der Waals surface area contributed by atoms with Gasteiger partial charge >= 0.3 is 5.97 Å². The van der Waals surface area contributed by atoms with Gasteiger partial charge < -0.3 is 10.0 Å². The van der Waals surface area contributed by atoms with Crippen LogP contribution in [-0.2, 0) is 45.8 Å². The average molecular weight is 736 g/mol. The number of fused-ring (bicyclic) bond motifs is 2. The molecule has 2 aliphatic rings. The highest BCUT2D eigenvalue weighted by Gasteiger charge is 2.45. The number of carbonyl (C=O) groups is 1. The number of benzene rings is 2. The summed E-state index contributed by atoms with van der Waals surface area (Å²) in [6, 6.07) is 9.20. The van der Waals surface area contributed by atoms with E-state index in [1.54, 1.807) is 41.3 Å². The number of hydrogen-bond acceptors (Lipinski definition) is 8. The van der Waals surface area contributed by atoms with Gasteiger partial charge in [-0.2, -0.15) is 13.0 Å². The van der Waals surface area contributed by atoms with Gasteiger partial charge in [-0.05, 0) is 68.7 Å². The van der Waals surface area contributed by atoms with E-state index in [0.29, 0.717) is 42.8 Å². The molecule has 0 aromatic heterocycles. The van der Waals surface area contributed by atoms with Crippen molar-refractivity contribution >= 4 is 53.2 Å². The number of sulfonamides is 2. The summed E-state index contributed by atoms with van der Waals surface area (Å²) in [5.74, 6) is -1.40. The van der Waals surface area contributed by atoms with Crippen molar-refractivity contribution < 1.29 is 44.3 Å². The molecule has 0 bridgehead atoms. The monoisotopic (exact) mass is 735 g/mol. The van der Waals surface area contributed by atoms with Crippen molar-refractivity contribution in [2.75, 3.05) is 23.7 Å². The first-order chi connectivity index (χ1) is 22.5. The third-order valence-electron chi connectivity index (χ3n) is 8.96. The van der Waals surface area contributed by atoms with E-state index in [-0.39, 0.29) is 22.8 Å². The first-order valence-corrected chi connectivity index (χ1v) is 20.2. The minimum Gasteiger partial charge on any atom is -0.481 e. The SMILES string of the molecule is CC1(C)C(/C=C/C=C/C=C2/N(CCS(=O)(=O)O)c3ccc(S(N)(=O)=O)cc3C2(C)C)=[N+](CCCCCC(=O)O)c2ccc(S(N)(=O)=O)cc21. The molecule has 0 radical (unpaired) electrons. The predicted molar refractivity (Wildman–Crippen MR) is 188 cm³/mol. The number of carboxylic acids is 1. The largest absolute Gasteiger partial charge is 0.481 e. The van der Waals surface area contributed by atoms with Crippen molar-refractivity contribution in [2.24, 2.45) is 10.3 Å². The molecule has 0 saturated carbocycles. The molecule has 2 aliphatic heterocycles. The molecule has 16 heteroatoms. The number of hydrogen-bond donors (Lipinski definition) is 4. The third kappa shape index (κ3) is 8.56. The van der Waals surface area contributed by atoms with Crippen molar-refractivity contribution in [3.8, 4) is 0 Å². The highest BCUT2D eigenvalue weighted by Crippen LogP contribution is 2.48. The fourth-order valence-electron chi connectivity index (χ4n) is 6.43. The van der Waals surface area contributed by atoms with E-state index in [2.05, 4.69) is 4.58 Å². The number of allylic oxidation sites excluding steroid dienone is 6. The highest BCUT2D eigenvalue weighted by molar-refractivity contribution is 7.89. The van der Waals surface area contributed by atoms with Gasteiger partial charge in [0.05, 0.1) is 21.0 Å². The Morgan fingerprint density at radius 1 is 0.837 bits per heavy atom. The lowest BCUT2D eigenvalue weighted by atomic mass is 9.81. The lowest BCUT2D eigenvalue weighted by Crippen LogP contribution is -2.30. The lowest BCUT2D eigenvalue weighted by Gasteiger charge is -2.26. The van der Waals surface area contributed by atoms with Crippen LogP contribution in [0.4, 0.5) is 11.4 Å². The van der Waals surface area contributed by atoms with Crippen LogP contribution in [0.2, 0.25) is 0 Å². The number of rotatable bonds is 14. The summed E-state index contributed by atoms with van der Waals surface area (Å²) in [6.07, 6.45) is 11.1. The number of nitrogens with two attached hydrogens (primary N) is 2. The summed E-state index contributed by atoms with van der Waals surface area (Å²) in [5.41, 5.74) is 3.03. The Morgan fingerprint density at radius 2 is 1.45 bits per heavy atom. The minimum absolute atomic E-state index is 0.00685. The number of carboxylic acid groups (broad SMARTS) is 1. The lowest BCUT2D eigenvalue weighted by molar-refractivity contribution is -0.438. The van der Waals surface area contributed by atoms with Crippen LogP contribution in [-0.4, -0.2) is 70.0 Å². The molecular formula is C33H43N4O9S3+. The molecule has 49 heavy (non-hydrogen) atoms. The van der Waals surface area contributed by atoms with Gasteiger partial charge in [0.15, 0.2) is 5.71 Å². The minimum atomic E-state index is -4.30.